The van der Waals surface area contributed by atoms with E-state index in [9.17, 15) is 14.4 Å². The monoisotopic (exact) mass is 653 g/mol. The molecule has 256 valence electrons. The van der Waals surface area contributed by atoms with Gasteiger partial charge in [-0.25, -0.2) is 28.8 Å². The molecule has 1 aromatic carbocycles. The van der Waals surface area contributed by atoms with Crippen LogP contribution in [-0.2, 0) is 27.2 Å². The second kappa shape index (κ2) is 14.4. The summed E-state index contributed by atoms with van der Waals surface area (Å²) >= 11 is 0. The normalized spacial score (nSPS) is 16.5. The average molecular weight is 654 g/mol. The van der Waals surface area contributed by atoms with E-state index in [0.29, 0.717) is 19.4 Å². The molecule has 0 aliphatic heterocycles. The lowest BCUT2D eigenvalue weighted by Gasteiger charge is -2.35. The van der Waals surface area contributed by atoms with Crippen LogP contribution in [0.3, 0.4) is 0 Å². The van der Waals surface area contributed by atoms with Gasteiger partial charge in [-0.05, 0) is 125 Å². The van der Waals surface area contributed by atoms with E-state index in [1.807, 2.05) is 12.1 Å². The van der Waals surface area contributed by atoms with Gasteiger partial charge in [-0.15, -0.1) is 0 Å². The summed E-state index contributed by atoms with van der Waals surface area (Å²) in [5.74, 6) is 0.193. The minimum Gasteiger partial charge on any atom is -0.443 e. The van der Waals surface area contributed by atoms with Crippen LogP contribution in [-0.4, -0.2) is 72.5 Å². The number of carbonyl (C=O) groups is 3. The molecule has 1 aliphatic carbocycles. The van der Waals surface area contributed by atoms with E-state index in [1.165, 1.54) is 0 Å². The van der Waals surface area contributed by atoms with Crippen LogP contribution in [0.4, 0.5) is 14.4 Å². The van der Waals surface area contributed by atoms with Gasteiger partial charge in [-0.3, -0.25) is 9.88 Å². The topological polar surface area (TPSA) is 116 Å². The highest BCUT2D eigenvalue weighted by atomic mass is 16.6. The van der Waals surface area contributed by atoms with Crippen molar-refractivity contribution >= 4 is 29.3 Å². The van der Waals surface area contributed by atoms with Gasteiger partial charge in [0.15, 0.2) is 0 Å². The summed E-state index contributed by atoms with van der Waals surface area (Å²) in [5, 5.41) is 0. The summed E-state index contributed by atoms with van der Waals surface area (Å²) in [5.41, 5.74) is -0.622. The fourth-order valence-electron chi connectivity index (χ4n) is 5.40. The number of amides is 2. The van der Waals surface area contributed by atoms with Gasteiger partial charge in [-0.2, -0.15) is 0 Å². The maximum Gasteiger partial charge on any atom is 0.420 e. The third kappa shape index (κ3) is 10.00. The van der Waals surface area contributed by atoms with Crippen molar-refractivity contribution in [1.29, 1.82) is 0 Å². The van der Waals surface area contributed by atoms with E-state index in [0.717, 1.165) is 40.0 Å². The predicted molar refractivity (Wildman–Crippen MR) is 180 cm³/mol. The van der Waals surface area contributed by atoms with E-state index in [2.05, 4.69) is 9.88 Å². The van der Waals surface area contributed by atoms with Gasteiger partial charge < -0.3 is 14.2 Å². The highest BCUT2D eigenvalue weighted by Gasteiger charge is 2.33. The number of hydrogen-bond acceptors (Lipinski definition) is 9. The summed E-state index contributed by atoms with van der Waals surface area (Å²) in [6.45, 7) is 16.0. The number of ether oxygens (including phenoxy) is 3. The number of para-hydroxylation sites is 2. The first-order valence-corrected chi connectivity index (χ1v) is 16.2. The highest BCUT2D eigenvalue weighted by Crippen LogP contribution is 2.34. The first kappa shape index (κ1) is 30.4. The molecule has 47 heavy (non-hydrogen) atoms. The number of carbonyl (C=O) groups excluding carboxylic acids is 3. The van der Waals surface area contributed by atoms with Crippen LogP contribution >= 0.6 is 0 Å². The van der Waals surface area contributed by atoms with E-state index in [1.54, 1.807) is 68.5 Å². The van der Waals surface area contributed by atoms with Crippen molar-refractivity contribution in [2.45, 2.75) is 124 Å². The van der Waals surface area contributed by atoms with Crippen molar-refractivity contribution in [3.8, 4) is 0 Å². The summed E-state index contributed by atoms with van der Waals surface area (Å²) in [6, 6.07) is 2.09. The molecule has 1 atom stereocenters. The van der Waals surface area contributed by atoms with Crippen LogP contribution in [0.1, 0.15) is 117 Å². The number of pyridine rings is 1. The van der Waals surface area contributed by atoms with Crippen LogP contribution < -0.4 is 0 Å². The number of benzene rings is 1. The average Bonchev–Trinajstić information content (AvgIpc) is 3.38. The molecular formula is C36H51N5O6. The van der Waals surface area contributed by atoms with Crippen LogP contribution in [0.5, 0.6) is 0 Å². The van der Waals surface area contributed by atoms with E-state index in [4.69, 9.17) is 24.7 Å². The van der Waals surface area contributed by atoms with Crippen molar-refractivity contribution in [2.75, 3.05) is 13.1 Å². The highest BCUT2D eigenvalue weighted by molar-refractivity contribution is 5.88. The zero-order valence-corrected chi connectivity index (χ0v) is 29.2. The quantitative estimate of drug-likeness (QED) is 0.176. The first-order chi connectivity index (χ1) is 23.6. The molecule has 0 saturated carbocycles. The molecule has 0 unspecified atom stereocenters. The number of rotatable bonds is 8. The van der Waals surface area contributed by atoms with Crippen LogP contribution in [0, 0.1) is 0 Å². The van der Waals surface area contributed by atoms with Crippen molar-refractivity contribution in [3.63, 3.8) is 0 Å². The van der Waals surface area contributed by atoms with Crippen LogP contribution in [0.2, 0.25) is 0 Å². The lowest BCUT2D eigenvalue weighted by molar-refractivity contribution is 0.000978. The Morgan fingerprint density at radius 3 is 2.17 bits per heavy atom. The molecule has 0 N–H and O–H groups in total. The number of unbranched alkanes of at least 4 members (excludes halogenated alkanes) is 1. The van der Waals surface area contributed by atoms with E-state index >= 15 is 0 Å². The Kier molecular flexibility index (Phi) is 9.31. The standard InChI is InChI=1S/C36H51N5O6/c1-34(2,3)45-31(42)40(32(43)46-35(4,5)6)23-13-12-22-39(28-20-14-16-25-17-15-21-37-30(25)28)24-29-38-26-18-10-11-19-27(26)41(29)33(44)47-36(7,8)9/h10-11,15,17-19,21,28H,12-14,16,20,22-24H2,1-9H3/t28-/m0/s1/i10D,11D,18D,19D. The number of hydrogen-bond donors (Lipinski definition) is 0. The fourth-order valence-corrected chi connectivity index (χ4v) is 5.40. The summed E-state index contributed by atoms with van der Waals surface area (Å²) in [7, 11) is 0. The molecule has 1 aliphatic rings. The molecular weight excluding hydrogens is 598 g/mol. The second-order valence-electron chi connectivity index (χ2n) is 14.8. The molecule has 3 aromatic rings. The maximum atomic E-state index is 13.8. The Bertz CT molecular complexity index is 1750. The summed E-state index contributed by atoms with van der Waals surface area (Å²) < 4.78 is 51.7. The maximum absolute atomic E-state index is 13.8. The molecule has 11 heteroatoms. The molecule has 2 aromatic heterocycles. The molecule has 0 spiro atoms. The van der Waals surface area contributed by atoms with E-state index in [-0.39, 0.29) is 42.0 Å². The largest absolute Gasteiger partial charge is 0.443 e. The lowest BCUT2D eigenvalue weighted by Crippen LogP contribution is -2.44. The van der Waals surface area contributed by atoms with Gasteiger partial charge >= 0.3 is 18.3 Å². The summed E-state index contributed by atoms with van der Waals surface area (Å²) in [6.07, 6.45) is 2.77. The number of imide groups is 1. The molecule has 0 bridgehead atoms. The Hall–Kier alpha value is -3.99. The SMILES string of the molecule is [2H]c1c([2H])c([2H])c2c(nc(CN(CCCCN(C(=O)OC(C)(C)C)C(=O)OC(C)(C)C)[C@H]3CCCc4cccnc43)n2C(=O)OC(C)(C)C)c1[2H]. The first-order valence-electron chi connectivity index (χ1n) is 18.2. The molecule has 0 fully saturated rings. The van der Waals surface area contributed by atoms with Gasteiger partial charge in [0.2, 0.25) is 0 Å². The van der Waals surface area contributed by atoms with Crippen molar-refractivity contribution < 1.29 is 34.1 Å². The van der Waals surface area contributed by atoms with Crippen molar-refractivity contribution in [1.82, 2.24) is 24.3 Å². The van der Waals surface area contributed by atoms with Crippen molar-refractivity contribution in [2.24, 2.45) is 0 Å². The number of nitrogens with zero attached hydrogens (tertiary/aromatic N) is 5. The zero-order chi connectivity index (χ0) is 38.1. The number of fused-ring (bicyclic) bond motifs is 2. The minimum absolute atomic E-state index is 0.0330. The molecule has 0 radical (unpaired) electrons. The van der Waals surface area contributed by atoms with E-state index < -0.39 is 53.2 Å². The van der Waals surface area contributed by atoms with Crippen LogP contribution in [0.25, 0.3) is 11.0 Å². The Labute approximate surface area is 284 Å². The van der Waals surface area contributed by atoms with Gasteiger partial charge in [0.25, 0.3) is 0 Å². The second-order valence-corrected chi connectivity index (χ2v) is 14.8. The fraction of sp³-hybridized carbons (Fsp3) is 0.583. The van der Waals surface area contributed by atoms with Gasteiger partial charge in [0.1, 0.15) is 22.6 Å². The van der Waals surface area contributed by atoms with Crippen LogP contribution in [0.15, 0.2) is 42.5 Å². The molecule has 4 rings (SSSR count). The van der Waals surface area contributed by atoms with Gasteiger partial charge in [0.05, 0.1) is 34.8 Å². The molecule has 2 heterocycles. The lowest BCUT2D eigenvalue weighted by atomic mass is 9.90. The Morgan fingerprint density at radius 2 is 1.53 bits per heavy atom. The number of imidazole rings is 1. The van der Waals surface area contributed by atoms with Gasteiger partial charge in [-0.1, -0.05) is 18.2 Å². The third-order valence-electron chi connectivity index (χ3n) is 7.20. The predicted octanol–water partition coefficient (Wildman–Crippen LogP) is 8.05. The smallest absolute Gasteiger partial charge is 0.420 e. The molecule has 2 amide bonds. The zero-order valence-electron chi connectivity index (χ0n) is 33.2. The molecule has 11 nitrogen and oxygen atoms in total. The summed E-state index contributed by atoms with van der Waals surface area (Å²) in [4.78, 5) is 52.4. The minimum atomic E-state index is -0.893. The Balaban J connectivity index is 1.71. The Morgan fingerprint density at radius 1 is 0.915 bits per heavy atom. The molecule has 0 saturated heterocycles. The third-order valence-corrected chi connectivity index (χ3v) is 7.20. The van der Waals surface area contributed by atoms with Crippen molar-refractivity contribution in [3.05, 3.63) is 59.6 Å². The number of aryl methyl sites for hydroxylation is 1. The number of aromatic nitrogens is 3. The van der Waals surface area contributed by atoms with Gasteiger partial charge in [0, 0.05) is 12.7 Å².